The van der Waals surface area contributed by atoms with Crippen molar-refractivity contribution >= 4 is 27.4 Å². The maximum absolute atomic E-state index is 12.4. The summed E-state index contributed by atoms with van der Waals surface area (Å²) in [7, 11) is -2.08. The van der Waals surface area contributed by atoms with Crippen molar-refractivity contribution in [2.45, 2.75) is 43.4 Å². The molecule has 126 valence electrons. The minimum atomic E-state index is -3.39. The molecule has 1 aromatic carbocycles. The first kappa shape index (κ1) is 17.5. The number of methoxy groups -OCH3 is 1. The molecule has 1 heterocycles. The van der Waals surface area contributed by atoms with Crippen LogP contribution in [-0.2, 0) is 30.6 Å². The number of hydrogen-bond donors (Lipinski definition) is 1. The zero-order valence-corrected chi connectivity index (χ0v) is 13.9. The summed E-state index contributed by atoms with van der Waals surface area (Å²) < 4.78 is 29.3. The van der Waals surface area contributed by atoms with Crippen LogP contribution in [0.4, 0.5) is 5.69 Å². The molecule has 2 rings (SSSR count). The van der Waals surface area contributed by atoms with E-state index in [1.54, 1.807) is 12.1 Å². The number of sulfone groups is 1. The van der Waals surface area contributed by atoms with Crippen LogP contribution in [0, 0.1) is 0 Å². The molecule has 0 fully saturated rings. The Morgan fingerprint density at radius 1 is 1.26 bits per heavy atom. The Kier molecular flexibility index (Phi) is 5.76. The first-order valence-electron chi connectivity index (χ1n) is 7.65. The number of amides is 1. The fourth-order valence-electron chi connectivity index (χ4n) is 2.53. The van der Waals surface area contributed by atoms with E-state index in [-0.39, 0.29) is 28.9 Å². The van der Waals surface area contributed by atoms with Crippen molar-refractivity contribution in [3.8, 4) is 0 Å². The summed E-state index contributed by atoms with van der Waals surface area (Å²) >= 11 is 0. The molecular weight excluding hydrogens is 318 g/mol. The summed E-state index contributed by atoms with van der Waals surface area (Å²) in [6.07, 6.45) is 2.95. The molecular formula is C16H21NO5S. The van der Waals surface area contributed by atoms with E-state index in [9.17, 15) is 18.0 Å². The molecule has 0 spiro atoms. The van der Waals surface area contributed by atoms with E-state index >= 15 is 0 Å². The van der Waals surface area contributed by atoms with Crippen molar-refractivity contribution in [2.24, 2.45) is 0 Å². The monoisotopic (exact) mass is 339 g/mol. The summed E-state index contributed by atoms with van der Waals surface area (Å²) in [5, 5.41) is 2.79. The third-order valence-electron chi connectivity index (χ3n) is 3.83. The topological polar surface area (TPSA) is 89.5 Å². The van der Waals surface area contributed by atoms with E-state index in [0.29, 0.717) is 37.8 Å². The van der Waals surface area contributed by atoms with E-state index in [2.05, 4.69) is 10.1 Å². The molecule has 0 aliphatic carbocycles. The number of nitrogens with one attached hydrogen (secondary N) is 1. The van der Waals surface area contributed by atoms with Gasteiger partial charge < -0.3 is 10.1 Å². The van der Waals surface area contributed by atoms with Gasteiger partial charge in [-0.2, -0.15) is 0 Å². The van der Waals surface area contributed by atoms with Gasteiger partial charge in [0.15, 0.2) is 9.84 Å². The molecule has 1 aromatic rings. The Balaban J connectivity index is 2.04. The molecule has 0 unspecified atom stereocenters. The minimum absolute atomic E-state index is 0.00482. The summed E-state index contributed by atoms with van der Waals surface area (Å²) in [6, 6.07) is 4.83. The lowest BCUT2D eigenvalue weighted by Gasteiger charge is -2.10. The van der Waals surface area contributed by atoms with Crippen LogP contribution < -0.4 is 5.32 Å². The maximum Gasteiger partial charge on any atom is 0.305 e. The fraction of sp³-hybridized carbons (Fsp3) is 0.500. The van der Waals surface area contributed by atoms with Crippen molar-refractivity contribution < 1.29 is 22.7 Å². The second kappa shape index (κ2) is 7.59. The SMILES string of the molecule is COC(=O)CCCCS(=O)(=O)c1ccc2c(c1)CCCC(=O)N2. The summed E-state index contributed by atoms with van der Waals surface area (Å²) in [6.45, 7) is 0. The van der Waals surface area contributed by atoms with Crippen molar-refractivity contribution in [3.63, 3.8) is 0 Å². The number of anilines is 1. The van der Waals surface area contributed by atoms with Gasteiger partial charge in [-0.25, -0.2) is 8.42 Å². The Morgan fingerprint density at radius 3 is 2.78 bits per heavy atom. The van der Waals surface area contributed by atoms with Crippen LogP contribution in [0.3, 0.4) is 0 Å². The zero-order chi connectivity index (χ0) is 16.9. The lowest BCUT2D eigenvalue weighted by Crippen LogP contribution is -2.11. The van der Waals surface area contributed by atoms with Gasteiger partial charge in [-0.3, -0.25) is 9.59 Å². The van der Waals surface area contributed by atoms with E-state index in [1.807, 2.05) is 0 Å². The Hall–Kier alpha value is -1.89. The molecule has 1 aliphatic rings. The molecule has 1 amide bonds. The quantitative estimate of drug-likeness (QED) is 0.633. The van der Waals surface area contributed by atoms with Crippen LogP contribution in [0.25, 0.3) is 0 Å². The van der Waals surface area contributed by atoms with Gasteiger partial charge in [-0.15, -0.1) is 0 Å². The molecule has 0 atom stereocenters. The van der Waals surface area contributed by atoms with E-state index < -0.39 is 9.84 Å². The summed E-state index contributed by atoms with van der Waals surface area (Å²) in [5.41, 5.74) is 1.55. The second-order valence-corrected chi connectivity index (χ2v) is 7.68. The average molecular weight is 339 g/mol. The molecule has 23 heavy (non-hydrogen) atoms. The highest BCUT2D eigenvalue weighted by atomic mass is 32.2. The van der Waals surface area contributed by atoms with Crippen molar-refractivity contribution in [3.05, 3.63) is 23.8 Å². The van der Waals surface area contributed by atoms with Gasteiger partial charge in [0, 0.05) is 18.5 Å². The van der Waals surface area contributed by atoms with Crippen molar-refractivity contribution in [2.75, 3.05) is 18.2 Å². The Labute approximate surface area is 136 Å². The maximum atomic E-state index is 12.4. The van der Waals surface area contributed by atoms with E-state index in [0.717, 1.165) is 5.56 Å². The highest BCUT2D eigenvalue weighted by Gasteiger charge is 2.19. The van der Waals surface area contributed by atoms with Gasteiger partial charge in [0.1, 0.15) is 0 Å². The number of ether oxygens (including phenoxy) is 1. The number of benzene rings is 1. The summed E-state index contributed by atoms with van der Waals surface area (Å²) in [4.78, 5) is 22.8. The van der Waals surface area contributed by atoms with Crippen LogP contribution in [-0.4, -0.2) is 33.2 Å². The van der Waals surface area contributed by atoms with Gasteiger partial charge in [-0.1, -0.05) is 0 Å². The lowest BCUT2D eigenvalue weighted by molar-refractivity contribution is -0.140. The largest absolute Gasteiger partial charge is 0.469 e. The Morgan fingerprint density at radius 2 is 2.04 bits per heavy atom. The van der Waals surface area contributed by atoms with Gasteiger partial charge in [-0.05, 0) is 49.4 Å². The van der Waals surface area contributed by atoms with E-state index in [1.165, 1.54) is 13.2 Å². The molecule has 7 heteroatoms. The molecule has 1 N–H and O–H groups in total. The number of carbonyl (C=O) groups excluding carboxylic acids is 2. The van der Waals surface area contributed by atoms with E-state index in [4.69, 9.17) is 0 Å². The first-order valence-corrected chi connectivity index (χ1v) is 9.30. The molecule has 0 saturated carbocycles. The van der Waals surface area contributed by atoms with Gasteiger partial charge in [0.2, 0.25) is 5.91 Å². The molecule has 0 radical (unpaired) electrons. The predicted molar refractivity (Wildman–Crippen MR) is 85.9 cm³/mol. The number of esters is 1. The number of carbonyl (C=O) groups is 2. The molecule has 0 bridgehead atoms. The van der Waals surface area contributed by atoms with Crippen molar-refractivity contribution in [1.82, 2.24) is 0 Å². The smallest absolute Gasteiger partial charge is 0.305 e. The fourth-order valence-corrected chi connectivity index (χ4v) is 3.94. The standard InChI is InChI=1S/C16H21NO5S/c1-22-16(19)7-2-3-10-23(20,21)13-8-9-14-12(11-13)5-4-6-15(18)17-14/h8-9,11H,2-7,10H2,1H3,(H,17,18). The molecule has 0 aromatic heterocycles. The normalized spacial score (nSPS) is 14.6. The predicted octanol–water partition coefficient (Wildman–Crippen LogP) is 2.08. The third kappa shape index (κ3) is 4.79. The zero-order valence-electron chi connectivity index (χ0n) is 13.1. The molecule has 6 nitrogen and oxygen atoms in total. The van der Waals surface area contributed by atoms with Crippen molar-refractivity contribution in [1.29, 1.82) is 0 Å². The van der Waals surface area contributed by atoms with Gasteiger partial charge in [0.05, 0.1) is 17.8 Å². The second-order valence-electron chi connectivity index (χ2n) is 5.57. The first-order chi connectivity index (χ1) is 10.9. The Bertz CT molecular complexity index is 696. The molecule has 1 aliphatic heterocycles. The highest BCUT2D eigenvalue weighted by molar-refractivity contribution is 7.91. The average Bonchev–Trinajstić information content (AvgIpc) is 2.71. The number of fused-ring (bicyclic) bond motifs is 1. The van der Waals surface area contributed by atoms with Crippen LogP contribution in [0.15, 0.2) is 23.1 Å². The van der Waals surface area contributed by atoms with Gasteiger partial charge in [0.25, 0.3) is 0 Å². The van der Waals surface area contributed by atoms with Gasteiger partial charge >= 0.3 is 5.97 Å². The lowest BCUT2D eigenvalue weighted by atomic mass is 10.1. The van der Waals surface area contributed by atoms with Crippen LogP contribution in [0.1, 0.15) is 37.7 Å². The summed E-state index contributed by atoms with van der Waals surface area (Å²) in [5.74, 6) is -0.375. The third-order valence-corrected chi connectivity index (χ3v) is 5.63. The number of unbranched alkanes of at least 4 members (excludes halogenated alkanes) is 1. The highest BCUT2D eigenvalue weighted by Crippen LogP contribution is 2.26. The number of aryl methyl sites for hydroxylation is 1. The van der Waals surface area contributed by atoms with Crippen LogP contribution >= 0.6 is 0 Å². The minimum Gasteiger partial charge on any atom is -0.469 e. The van der Waals surface area contributed by atoms with Crippen LogP contribution in [0.5, 0.6) is 0 Å². The number of hydrogen-bond acceptors (Lipinski definition) is 5. The molecule has 0 saturated heterocycles. The number of rotatable bonds is 6. The van der Waals surface area contributed by atoms with Crippen LogP contribution in [0.2, 0.25) is 0 Å².